The molecule has 0 bridgehead atoms. The molecule has 7 rings (SSSR count). The lowest BCUT2D eigenvalue weighted by atomic mass is 9.95. The molecule has 43 heavy (non-hydrogen) atoms. The molecular weight excluding hydrogens is 543 g/mol. The van der Waals surface area contributed by atoms with Crippen molar-refractivity contribution >= 4 is 33.5 Å². The van der Waals surface area contributed by atoms with Crippen molar-refractivity contribution < 1.29 is 13.9 Å². The van der Waals surface area contributed by atoms with Crippen LogP contribution in [0.5, 0.6) is 6.01 Å². The Morgan fingerprint density at radius 3 is 2.60 bits per heavy atom. The van der Waals surface area contributed by atoms with Crippen molar-refractivity contribution in [1.29, 1.82) is 0 Å². The molecule has 1 atom stereocenters. The van der Waals surface area contributed by atoms with E-state index in [0.717, 1.165) is 47.8 Å². The lowest BCUT2D eigenvalue weighted by Gasteiger charge is -2.40. The molecule has 3 aliphatic rings. The van der Waals surface area contributed by atoms with Gasteiger partial charge in [0.1, 0.15) is 23.9 Å². The highest BCUT2D eigenvalue weighted by Gasteiger charge is 2.45. The molecule has 9 heteroatoms. The molecule has 5 heterocycles. The summed E-state index contributed by atoms with van der Waals surface area (Å²) < 4.78 is 22.5. The predicted molar refractivity (Wildman–Crippen MR) is 167 cm³/mol. The monoisotopic (exact) mass is 580 g/mol. The van der Waals surface area contributed by atoms with Crippen LogP contribution in [0.3, 0.4) is 0 Å². The minimum Gasteiger partial charge on any atom is -0.461 e. The third-order valence-electron chi connectivity index (χ3n) is 9.63. The predicted octanol–water partition coefficient (Wildman–Crippen LogP) is 5.52. The van der Waals surface area contributed by atoms with Gasteiger partial charge in [-0.1, -0.05) is 43.0 Å². The summed E-state index contributed by atoms with van der Waals surface area (Å²) in [6.45, 7) is 12.0. The van der Waals surface area contributed by atoms with Gasteiger partial charge in [0, 0.05) is 31.2 Å². The number of halogens is 1. The maximum Gasteiger partial charge on any atom is 0.320 e. The molecule has 2 aromatic heterocycles. The van der Waals surface area contributed by atoms with Gasteiger partial charge in [-0.05, 0) is 81.1 Å². The van der Waals surface area contributed by atoms with E-state index in [2.05, 4.69) is 16.4 Å². The van der Waals surface area contributed by atoms with Gasteiger partial charge >= 0.3 is 6.01 Å². The van der Waals surface area contributed by atoms with Crippen molar-refractivity contribution in [2.75, 3.05) is 44.2 Å². The quantitative estimate of drug-likeness (QED) is 0.278. The van der Waals surface area contributed by atoms with E-state index >= 15 is 4.39 Å². The lowest BCUT2D eigenvalue weighted by Crippen LogP contribution is -2.53. The van der Waals surface area contributed by atoms with Crippen molar-refractivity contribution in [2.24, 2.45) is 0 Å². The summed E-state index contributed by atoms with van der Waals surface area (Å²) in [6.07, 6.45) is 5.91. The molecule has 222 valence electrons. The van der Waals surface area contributed by atoms with E-state index < -0.39 is 5.82 Å². The lowest BCUT2D eigenvalue weighted by molar-refractivity contribution is -0.126. The summed E-state index contributed by atoms with van der Waals surface area (Å²) in [5.74, 6) is 0.0570. The van der Waals surface area contributed by atoms with E-state index in [9.17, 15) is 4.79 Å². The Morgan fingerprint density at radius 1 is 1.09 bits per heavy atom. The third kappa shape index (κ3) is 4.79. The number of benzene rings is 2. The first-order valence-corrected chi connectivity index (χ1v) is 15.3. The second kappa shape index (κ2) is 10.9. The molecule has 3 aliphatic heterocycles. The zero-order chi connectivity index (χ0) is 29.7. The molecule has 0 spiro atoms. The Bertz CT molecular complexity index is 1730. The summed E-state index contributed by atoms with van der Waals surface area (Å²) >= 11 is 0. The van der Waals surface area contributed by atoms with Crippen molar-refractivity contribution in [2.45, 2.75) is 51.1 Å². The smallest absolute Gasteiger partial charge is 0.320 e. The number of fused-ring (bicyclic) bond motifs is 3. The van der Waals surface area contributed by atoms with E-state index in [1.807, 2.05) is 50.2 Å². The Hall–Kier alpha value is -4.11. The van der Waals surface area contributed by atoms with Crippen LogP contribution in [-0.4, -0.2) is 81.6 Å². The van der Waals surface area contributed by atoms with Crippen LogP contribution in [0.2, 0.25) is 0 Å². The van der Waals surface area contributed by atoms with Crippen molar-refractivity contribution in [3.05, 3.63) is 66.5 Å². The van der Waals surface area contributed by atoms with Gasteiger partial charge in [-0.2, -0.15) is 9.97 Å². The average molecular weight is 581 g/mol. The summed E-state index contributed by atoms with van der Waals surface area (Å²) in [7, 11) is 0. The summed E-state index contributed by atoms with van der Waals surface area (Å²) in [4.78, 5) is 33.3. The molecule has 0 radical (unpaired) electrons. The first kappa shape index (κ1) is 27.7. The standard InChI is InChI=1S/C34H37FN6O2/c1-4-28(42)39-17-18-41(23(3)20-39)32-26-19-27(35)30(25-12-6-11-24-10-5-9-22(2)29(24)25)36-31(26)37-33(38-32)43-21-34-13-7-15-40(34)16-8-14-34/h4-6,9-12,19,23H,1,7-8,13-18,20-21H2,2-3H3/t23-/m1/s1. The van der Waals surface area contributed by atoms with Gasteiger partial charge in [-0.15, -0.1) is 0 Å². The fraction of sp³-hybridized carbons (Fsp3) is 0.412. The van der Waals surface area contributed by atoms with Gasteiger partial charge in [0.15, 0.2) is 5.65 Å². The first-order chi connectivity index (χ1) is 20.9. The zero-order valence-electron chi connectivity index (χ0n) is 24.9. The molecule has 4 aromatic rings. The molecule has 0 N–H and O–H groups in total. The SMILES string of the molecule is C=CC(=O)N1CCN(c2nc(OCC34CCCN3CCC4)nc3nc(-c4cccc5cccc(C)c45)c(F)cc23)[C@H](C)C1. The van der Waals surface area contributed by atoms with E-state index in [1.165, 1.54) is 25.0 Å². The van der Waals surface area contributed by atoms with Gasteiger partial charge in [-0.3, -0.25) is 9.69 Å². The normalized spacial score (nSPS) is 20.1. The number of aryl methyl sites for hydroxylation is 1. The minimum atomic E-state index is -0.429. The highest BCUT2D eigenvalue weighted by atomic mass is 19.1. The molecule has 3 fully saturated rings. The van der Waals surface area contributed by atoms with Crippen molar-refractivity contribution in [1.82, 2.24) is 24.8 Å². The molecule has 0 unspecified atom stereocenters. The van der Waals surface area contributed by atoms with Gasteiger partial charge in [0.05, 0.1) is 10.9 Å². The molecule has 0 saturated carbocycles. The summed E-state index contributed by atoms with van der Waals surface area (Å²) in [6, 6.07) is 13.7. The van der Waals surface area contributed by atoms with Crippen LogP contribution in [-0.2, 0) is 4.79 Å². The minimum absolute atomic E-state index is 0.0321. The molecule has 3 saturated heterocycles. The third-order valence-corrected chi connectivity index (χ3v) is 9.63. The number of carbonyl (C=O) groups is 1. The number of hydrogen-bond donors (Lipinski definition) is 0. The number of nitrogens with zero attached hydrogens (tertiary/aromatic N) is 6. The number of pyridine rings is 1. The first-order valence-electron chi connectivity index (χ1n) is 15.3. The van der Waals surface area contributed by atoms with E-state index in [1.54, 1.807) is 4.90 Å². The van der Waals surface area contributed by atoms with Gasteiger partial charge in [0.2, 0.25) is 5.91 Å². The number of ether oxygens (including phenoxy) is 1. The number of anilines is 1. The van der Waals surface area contributed by atoms with Crippen LogP contribution in [0.25, 0.3) is 33.1 Å². The maximum absolute atomic E-state index is 16.1. The second-order valence-corrected chi connectivity index (χ2v) is 12.2. The molecular formula is C34H37FN6O2. The summed E-state index contributed by atoms with van der Waals surface area (Å²) in [5, 5.41) is 2.53. The van der Waals surface area contributed by atoms with Crippen LogP contribution in [0.1, 0.15) is 38.2 Å². The Morgan fingerprint density at radius 2 is 1.86 bits per heavy atom. The van der Waals surface area contributed by atoms with Gasteiger partial charge in [0.25, 0.3) is 0 Å². The highest BCUT2D eigenvalue weighted by molar-refractivity contribution is 5.99. The zero-order valence-corrected chi connectivity index (χ0v) is 24.9. The Balaban J connectivity index is 1.33. The molecule has 2 aromatic carbocycles. The topological polar surface area (TPSA) is 74.7 Å². The van der Waals surface area contributed by atoms with E-state index in [0.29, 0.717) is 43.1 Å². The van der Waals surface area contributed by atoms with E-state index in [-0.39, 0.29) is 29.2 Å². The number of aromatic nitrogens is 3. The van der Waals surface area contributed by atoms with Gasteiger partial charge in [-0.25, -0.2) is 9.37 Å². The van der Waals surface area contributed by atoms with Crippen molar-refractivity contribution in [3.63, 3.8) is 0 Å². The van der Waals surface area contributed by atoms with Crippen LogP contribution >= 0.6 is 0 Å². The molecule has 0 aliphatic carbocycles. The average Bonchev–Trinajstić information content (AvgIpc) is 3.60. The fourth-order valence-corrected chi connectivity index (χ4v) is 7.46. The van der Waals surface area contributed by atoms with Crippen LogP contribution < -0.4 is 9.64 Å². The molecule has 8 nitrogen and oxygen atoms in total. The number of amides is 1. The van der Waals surface area contributed by atoms with Crippen LogP contribution in [0.4, 0.5) is 10.2 Å². The number of hydrogen-bond acceptors (Lipinski definition) is 7. The summed E-state index contributed by atoms with van der Waals surface area (Å²) in [5.41, 5.74) is 2.47. The molecule has 1 amide bonds. The number of rotatable bonds is 6. The largest absolute Gasteiger partial charge is 0.461 e. The Kier molecular flexibility index (Phi) is 7.00. The van der Waals surface area contributed by atoms with Crippen LogP contribution in [0, 0.1) is 12.7 Å². The second-order valence-electron chi connectivity index (χ2n) is 12.2. The maximum atomic E-state index is 16.1. The fourth-order valence-electron chi connectivity index (χ4n) is 7.46. The van der Waals surface area contributed by atoms with Gasteiger partial charge < -0.3 is 14.5 Å². The van der Waals surface area contributed by atoms with Crippen molar-refractivity contribution in [3.8, 4) is 17.3 Å². The number of piperazine rings is 1. The Labute approximate surface area is 251 Å². The van der Waals surface area contributed by atoms with E-state index in [4.69, 9.17) is 19.7 Å². The number of carbonyl (C=O) groups excluding carboxylic acids is 1. The van der Waals surface area contributed by atoms with Crippen LogP contribution in [0.15, 0.2) is 55.1 Å². The highest BCUT2D eigenvalue weighted by Crippen LogP contribution is 2.40.